The molecule has 1 saturated heterocycles. The number of ether oxygens (including phenoxy) is 1. The van der Waals surface area contributed by atoms with E-state index >= 15 is 0 Å². The van der Waals surface area contributed by atoms with Crippen LogP contribution in [0.3, 0.4) is 0 Å². The number of hydrogen-bond donors (Lipinski definition) is 1. The van der Waals surface area contributed by atoms with Crippen molar-refractivity contribution in [1.82, 2.24) is 34.4 Å². The van der Waals surface area contributed by atoms with E-state index in [0.717, 1.165) is 53.9 Å². The first-order valence-corrected chi connectivity index (χ1v) is 12.2. The van der Waals surface area contributed by atoms with E-state index in [1.807, 2.05) is 26.4 Å². The Morgan fingerprint density at radius 2 is 2.03 bits per heavy atom. The van der Waals surface area contributed by atoms with Crippen molar-refractivity contribution >= 4 is 22.6 Å². The number of nitrogens with zero attached hydrogens (tertiary/aromatic N) is 6. The molecule has 9 heteroatoms. The number of H-pyrrole nitrogens is 1. The topological polar surface area (TPSA) is 91.7 Å². The largest absolute Gasteiger partial charge is 0.493 e. The van der Waals surface area contributed by atoms with Crippen LogP contribution in [0.1, 0.15) is 49.8 Å². The first-order valence-electron chi connectivity index (χ1n) is 12.2. The van der Waals surface area contributed by atoms with E-state index in [9.17, 15) is 4.79 Å². The van der Waals surface area contributed by atoms with Crippen LogP contribution in [0.2, 0.25) is 0 Å². The zero-order chi connectivity index (χ0) is 24.7. The molecule has 4 aromatic heterocycles. The number of carbonyl (C=O) groups excluding carboxylic acids is 1. The number of nitrogens with one attached hydrogen (secondary N) is 1. The Bertz CT molecular complexity index is 1360. The van der Waals surface area contributed by atoms with Crippen molar-refractivity contribution in [3.63, 3.8) is 0 Å². The number of fused-ring (bicyclic) bond motifs is 2. The lowest BCUT2D eigenvalue weighted by atomic mass is 9.92. The molecule has 4 aromatic rings. The summed E-state index contributed by atoms with van der Waals surface area (Å²) in [6.07, 6.45) is 5.53. The molecule has 5 heterocycles. The van der Waals surface area contributed by atoms with Crippen molar-refractivity contribution in [2.45, 2.75) is 38.5 Å². The summed E-state index contributed by atoms with van der Waals surface area (Å²) in [4.78, 5) is 29.1. The van der Waals surface area contributed by atoms with Crippen LogP contribution in [-0.2, 0) is 4.79 Å². The van der Waals surface area contributed by atoms with E-state index < -0.39 is 0 Å². The number of rotatable bonds is 6. The fraction of sp³-hybridized carbons (Fsp3) is 0.462. The van der Waals surface area contributed by atoms with Crippen molar-refractivity contribution in [2.75, 3.05) is 40.8 Å². The van der Waals surface area contributed by atoms with Gasteiger partial charge >= 0.3 is 0 Å². The van der Waals surface area contributed by atoms with Crippen LogP contribution in [0, 0.1) is 0 Å². The van der Waals surface area contributed by atoms with Crippen molar-refractivity contribution in [1.29, 1.82) is 0 Å². The van der Waals surface area contributed by atoms with Crippen LogP contribution < -0.4 is 4.74 Å². The first kappa shape index (κ1) is 23.3. The van der Waals surface area contributed by atoms with Crippen molar-refractivity contribution < 1.29 is 9.53 Å². The molecule has 0 aromatic carbocycles. The Labute approximate surface area is 205 Å². The first-order chi connectivity index (χ1) is 16.9. The third-order valence-electron chi connectivity index (χ3n) is 6.99. The van der Waals surface area contributed by atoms with Gasteiger partial charge in [0.2, 0.25) is 5.91 Å². The quantitative estimate of drug-likeness (QED) is 0.458. The van der Waals surface area contributed by atoms with Gasteiger partial charge in [0.15, 0.2) is 11.4 Å². The van der Waals surface area contributed by atoms with E-state index in [-0.39, 0.29) is 11.8 Å². The zero-order valence-electron chi connectivity index (χ0n) is 21.1. The van der Waals surface area contributed by atoms with Crippen LogP contribution >= 0.6 is 0 Å². The molecule has 5 rings (SSSR count). The Balaban J connectivity index is 1.47. The van der Waals surface area contributed by atoms with E-state index in [0.29, 0.717) is 23.9 Å². The number of aromatic nitrogens is 5. The van der Waals surface area contributed by atoms with Crippen molar-refractivity contribution in [3.05, 3.63) is 42.0 Å². The molecule has 1 aliphatic rings. The lowest BCUT2D eigenvalue weighted by Gasteiger charge is -2.31. The molecule has 0 spiro atoms. The molecule has 1 N–H and O–H groups in total. The predicted octanol–water partition coefficient (Wildman–Crippen LogP) is 3.67. The second kappa shape index (κ2) is 9.30. The van der Waals surface area contributed by atoms with Gasteiger partial charge in [-0.05, 0) is 50.0 Å². The second-order valence-corrected chi connectivity index (χ2v) is 9.86. The lowest BCUT2D eigenvalue weighted by molar-refractivity contribution is -0.130. The molecule has 35 heavy (non-hydrogen) atoms. The summed E-state index contributed by atoms with van der Waals surface area (Å²) < 4.78 is 7.33. The highest BCUT2D eigenvalue weighted by Gasteiger charge is 2.25. The van der Waals surface area contributed by atoms with Gasteiger partial charge in [-0.2, -0.15) is 5.10 Å². The number of aromatic amines is 1. The van der Waals surface area contributed by atoms with Gasteiger partial charge < -0.3 is 14.6 Å². The molecule has 1 aliphatic heterocycles. The summed E-state index contributed by atoms with van der Waals surface area (Å²) in [6, 6.07) is 6.31. The third-order valence-corrected chi connectivity index (χ3v) is 6.99. The number of likely N-dealkylation sites (tertiary alicyclic amines) is 1. The molecule has 0 radical (unpaired) electrons. The van der Waals surface area contributed by atoms with Crippen LogP contribution in [-0.4, -0.2) is 81.1 Å². The molecule has 9 nitrogen and oxygen atoms in total. The average Bonchev–Trinajstić information content (AvgIpc) is 3.48. The van der Waals surface area contributed by atoms with E-state index in [1.165, 1.54) is 11.9 Å². The Kier molecular flexibility index (Phi) is 6.19. The highest BCUT2D eigenvalue weighted by Crippen LogP contribution is 2.37. The van der Waals surface area contributed by atoms with Gasteiger partial charge in [-0.25, -0.2) is 9.50 Å². The molecule has 1 amide bonds. The highest BCUT2D eigenvalue weighted by molar-refractivity contribution is 5.89. The molecule has 0 bridgehead atoms. The summed E-state index contributed by atoms with van der Waals surface area (Å²) in [6.45, 7) is 6.72. The van der Waals surface area contributed by atoms with Crippen molar-refractivity contribution in [2.24, 2.45) is 0 Å². The van der Waals surface area contributed by atoms with E-state index in [2.05, 4.69) is 45.9 Å². The van der Waals surface area contributed by atoms with Gasteiger partial charge in [-0.15, -0.1) is 0 Å². The van der Waals surface area contributed by atoms with Gasteiger partial charge in [0.05, 0.1) is 30.4 Å². The average molecular weight is 476 g/mol. The number of piperidine rings is 1. The molecule has 0 unspecified atom stereocenters. The summed E-state index contributed by atoms with van der Waals surface area (Å²) >= 11 is 0. The van der Waals surface area contributed by atoms with Crippen LogP contribution in [0.15, 0.2) is 30.7 Å². The Morgan fingerprint density at radius 1 is 1.26 bits per heavy atom. The van der Waals surface area contributed by atoms with Crippen LogP contribution in [0.4, 0.5) is 0 Å². The van der Waals surface area contributed by atoms with Gasteiger partial charge in [0, 0.05) is 43.0 Å². The fourth-order valence-electron chi connectivity index (χ4n) is 5.02. The number of methoxy groups -OCH3 is 1. The third kappa shape index (κ3) is 4.36. The maximum Gasteiger partial charge on any atom is 0.236 e. The number of likely N-dealkylation sites (N-methyl/N-ethyl adjacent to an activating group) is 1. The van der Waals surface area contributed by atoms with E-state index in [4.69, 9.17) is 9.72 Å². The molecular weight excluding hydrogens is 442 g/mol. The summed E-state index contributed by atoms with van der Waals surface area (Å²) in [5.74, 6) is 1.51. The van der Waals surface area contributed by atoms with Gasteiger partial charge in [0.25, 0.3) is 0 Å². The molecule has 0 saturated carbocycles. The lowest BCUT2D eigenvalue weighted by Crippen LogP contribution is -2.40. The normalized spacial score (nSPS) is 15.4. The second-order valence-electron chi connectivity index (χ2n) is 9.86. The summed E-state index contributed by atoms with van der Waals surface area (Å²) in [5.41, 5.74) is 7.09. The van der Waals surface area contributed by atoms with Crippen LogP contribution in [0.5, 0.6) is 5.75 Å². The number of amides is 1. The summed E-state index contributed by atoms with van der Waals surface area (Å²) in [5, 5.41) is 4.32. The molecule has 0 aliphatic carbocycles. The Hall–Kier alpha value is -3.46. The zero-order valence-corrected chi connectivity index (χ0v) is 21.1. The number of carbonyl (C=O) groups is 1. The molecular formula is C26H33N7O2. The molecule has 0 atom stereocenters. The van der Waals surface area contributed by atoms with Crippen LogP contribution in [0.25, 0.3) is 27.9 Å². The standard InChI is InChI=1S/C26H33N7O2/c1-16(2)23-24(18-12-21(35-5)26-27-15-28-33(26)13-18)30-20-7-6-19(29-25(20)23)17-8-10-32(11-9-17)14-22(34)31(3)4/h6-7,12-13,15-17,30H,8-11,14H2,1-5H3. The molecule has 184 valence electrons. The van der Waals surface area contributed by atoms with Gasteiger partial charge in [-0.3, -0.25) is 14.7 Å². The minimum absolute atomic E-state index is 0.158. The van der Waals surface area contributed by atoms with Gasteiger partial charge in [-0.1, -0.05) is 13.8 Å². The van der Waals surface area contributed by atoms with Gasteiger partial charge in [0.1, 0.15) is 6.33 Å². The minimum Gasteiger partial charge on any atom is -0.493 e. The fourth-order valence-corrected chi connectivity index (χ4v) is 5.02. The Morgan fingerprint density at radius 3 is 2.71 bits per heavy atom. The van der Waals surface area contributed by atoms with E-state index in [1.54, 1.807) is 16.5 Å². The maximum absolute atomic E-state index is 12.1. The minimum atomic E-state index is 0.158. The predicted molar refractivity (Wildman–Crippen MR) is 136 cm³/mol. The SMILES string of the molecule is COc1cc(-c2[nH]c3ccc(C4CCN(CC(=O)N(C)C)CC4)nc3c2C(C)C)cn2ncnc12. The van der Waals surface area contributed by atoms with Crippen molar-refractivity contribution in [3.8, 4) is 17.0 Å². The number of pyridine rings is 2. The molecule has 1 fully saturated rings. The monoisotopic (exact) mass is 475 g/mol. The smallest absolute Gasteiger partial charge is 0.236 e. The summed E-state index contributed by atoms with van der Waals surface area (Å²) in [7, 11) is 5.27. The maximum atomic E-state index is 12.1. The number of hydrogen-bond acceptors (Lipinski definition) is 6. The highest BCUT2D eigenvalue weighted by atomic mass is 16.5.